The van der Waals surface area contributed by atoms with E-state index >= 15 is 0 Å². The molecule has 0 bridgehead atoms. The lowest BCUT2D eigenvalue weighted by molar-refractivity contribution is 0.0946. The third kappa shape index (κ3) is 4.55. The van der Waals surface area contributed by atoms with Gasteiger partial charge in [-0.15, -0.1) is 11.8 Å². The van der Waals surface area contributed by atoms with Gasteiger partial charge in [0.2, 0.25) is 0 Å². The Morgan fingerprint density at radius 3 is 2.53 bits per heavy atom. The Morgan fingerprint density at radius 2 is 1.89 bits per heavy atom. The van der Waals surface area contributed by atoms with Crippen LogP contribution in [0.3, 0.4) is 0 Å². The largest absolute Gasteiger partial charge is 0.351 e. The number of nitrogens with one attached hydrogen (secondary N) is 1. The van der Waals surface area contributed by atoms with Gasteiger partial charge in [0, 0.05) is 23.5 Å². The van der Waals surface area contributed by atoms with Crippen molar-refractivity contribution < 1.29 is 4.79 Å². The number of amides is 1. The maximum absolute atomic E-state index is 11.9. The van der Waals surface area contributed by atoms with E-state index in [0.717, 1.165) is 18.7 Å². The summed E-state index contributed by atoms with van der Waals surface area (Å²) in [7, 11) is 0. The first kappa shape index (κ1) is 14.4. The Bertz CT molecular complexity index is 399. The van der Waals surface area contributed by atoms with Crippen LogP contribution >= 0.6 is 11.8 Å². The average molecular weight is 278 g/mol. The average Bonchev–Trinajstić information content (AvgIpc) is 2.48. The van der Waals surface area contributed by atoms with Crippen molar-refractivity contribution in [2.24, 2.45) is 0 Å². The Hall–Kier alpha value is -1.00. The van der Waals surface area contributed by atoms with Gasteiger partial charge in [-0.25, -0.2) is 0 Å². The summed E-state index contributed by atoms with van der Waals surface area (Å²) in [6, 6.07) is 7.76. The van der Waals surface area contributed by atoms with E-state index in [4.69, 9.17) is 0 Å². The Kier molecular flexibility index (Phi) is 5.73. The molecule has 2 rings (SSSR count). The van der Waals surface area contributed by atoms with Gasteiger partial charge in [0.05, 0.1) is 0 Å². The minimum absolute atomic E-state index is 0.0321. The maximum atomic E-state index is 11.9. The van der Waals surface area contributed by atoms with E-state index < -0.39 is 0 Å². The van der Waals surface area contributed by atoms with E-state index in [2.05, 4.69) is 10.2 Å². The molecule has 1 aromatic rings. The lowest BCUT2D eigenvalue weighted by atomic mass is 10.1. The van der Waals surface area contributed by atoms with Crippen LogP contribution in [-0.4, -0.2) is 43.2 Å². The molecule has 1 saturated heterocycles. The van der Waals surface area contributed by atoms with Crippen LogP contribution in [0.1, 0.15) is 29.6 Å². The standard InChI is InChI=1S/C15H22N2OS/c1-19-14-7-5-13(6-8-14)15(18)16-9-12-17-10-3-2-4-11-17/h5-8H,2-4,9-12H2,1H3,(H,16,18). The van der Waals surface area contributed by atoms with Gasteiger partial charge in [0.1, 0.15) is 0 Å². The quantitative estimate of drug-likeness (QED) is 0.840. The third-order valence-corrected chi connectivity index (χ3v) is 4.26. The highest BCUT2D eigenvalue weighted by Gasteiger charge is 2.10. The Morgan fingerprint density at radius 1 is 1.21 bits per heavy atom. The number of carbonyl (C=O) groups is 1. The minimum atomic E-state index is 0.0321. The zero-order valence-corrected chi connectivity index (χ0v) is 12.3. The number of benzene rings is 1. The van der Waals surface area contributed by atoms with Crippen LogP contribution < -0.4 is 5.32 Å². The highest BCUT2D eigenvalue weighted by molar-refractivity contribution is 7.98. The third-order valence-electron chi connectivity index (χ3n) is 3.51. The van der Waals surface area contributed by atoms with Crippen molar-refractivity contribution in [3.8, 4) is 0 Å². The van der Waals surface area contributed by atoms with Crippen LogP contribution in [0.4, 0.5) is 0 Å². The van der Waals surface area contributed by atoms with Gasteiger partial charge in [-0.05, 0) is 56.5 Å². The molecular formula is C15H22N2OS. The SMILES string of the molecule is CSc1ccc(C(=O)NCCN2CCCCC2)cc1. The molecule has 0 atom stereocenters. The van der Waals surface area contributed by atoms with E-state index in [1.54, 1.807) is 11.8 Å². The highest BCUT2D eigenvalue weighted by Crippen LogP contribution is 2.14. The molecule has 1 amide bonds. The molecule has 104 valence electrons. The monoisotopic (exact) mass is 278 g/mol. The summed E-state index contributed by atoms with van der Waals surface area (Å²) in [5.74, 6) is 0.0321. The molecule has 1 aliphatic rings. The molecular weight excluding hydrogens is 256 g/mol. The van der Waals surface area contributed by atoms with Crippen LogP contribution in [0.5, 0.6) is 0 Å². The number of hydrogen-bond donors (Lipinski definition) is 1. The van der Waals surface area contributed by atoms with Crippen molar-refractivity contribution in [3.05, 3.63) is 29.8 Å². The maximum Gasteiger partial charge on any atom is 0.251 e. The molecule has 1 heterocycles. The molecule has 1 N–H and O–H groups in total. The number of thioether (sulfide) groups is 1. The highest BCUT2D eigenvalue weighted by atomic mass is 32.2. The predicted molar refractivity (Wildman–Crippen MR) is 80.8 cm³/mol. The minimum Gasteiger partial charge on any atom is -0.351 e. The van der Waals surface area contributed by atoms with E-state index in [-0.39, 0.29) is 5.91 Å². The van der Waals surface area contributed by atoms with Crippen molar-refractivity contribution in [1.82, 2.24) is 10.2 Å². The predicted octanol–water partition coefficient (Wildman–Crippen LogP) is 2.62. The molecule has 0 spiro atoms. The second-order valence-electron chi connectivity index (χ2n) is 4.89. The van der Waals surface area contributed by atoms with Crippen LogP contribution in [-0.2, 0) is 0 Å². The number of carbonyl (C=O) groups excluding carboxylic acids is 1. The molecule has 0 saturated carbocycles. The zero-order chi connectivity index (χ0) is 13.5. The number of likely N-dealkylation sites (tertiary alicyclic amines) is 1. The summed E-state index contributed by atoms with van der Waals surface area (Å²) in [4.78, 5) is 15.6. The fourth-order valence-electron chi connectivity index (χ4n) is 2.36. The lowest BCUT2D eigenvalue weighted by Gasteiger charge is -2.26. The van der Waals surface area contributed by atoms with E-state index in [1.165, 1.54) is 37.2 Å². The van der Waals surface area contributed by atoms with Gasteiger partial charge in [0.15, 0.2) is 0 Å². The topological polar surface area (TPSA) is 32.3 Å². The first-order valence-electron chi connectivity index (χ1n) is 6.94. The normalized spacial score (nSPS) is 16.3. The molecule has 4 heteroatoms. The fourth-order valence-corrected chi connectivity index (χ4v) is 2.76. The zero-order valence-electron chi connectivity index (χ0n) is 11.5. The molecule has 1 aliphatic heterocycles. The van der Waals surface area contributed by atoms with Crippen LogP contribution in [0.25, 0.3) is 0 Å². The number of nitrogens with zero attached hydrogens (tertiary/aromatic N) is 1. The van der Waals surface area contributed by atoms with Gasteiger partial charge in [-0.3, -0.25) is 4.79 Å². The van der Waals surface area contributed by atoms with E-state index in [9.17, 15) is 4.79 Å². The van der Waals surface area contributed by atoms with Crippen molar-refractivity contribution in [1.29, 1.82) is 0 Å². The van der Waals surface area contributed by atoms with Gasteiger partial charge in [-0.1, -0.05) is 6.42 Å². The Labute approximate surface area is 119 Å². The first-order valence-corrected chi connectivity index (χ1v) is 8.16. The van der Waals surface area contributed by atoms with Gasteiger partial charge in [0.25, 0.3) is 5.91 Å². The molecule has 1 aromatic carbocycles. The summed E-state index contributed by atoms with van der Waals surface area (Å²) in [5.41, 5.74) is 0.747. The molecule has 19 heavy (non-hydrogen) atoms. The molecule has 3 nitrogen and oxygen atoms in total. The number of piperidine rings is 1. The second kappa shape index (κ2) is 7.56. The Balaban J connectivity index is 1.73. The molecule has 0 aromatic heterocycles. The molecule has 1 fully saturated rings. The van der Waals surface area contributed by atoms with Gasteiger partial charge < -0.3 is 10.2 Å². The summed E-state index contributed by atoms with van der Waals surface area (Å²) < 4.78 is 0. The first-order chi connectivity index (χ1) is 9.29. The van der Waals surface area contributed by atoms with Crippen LogP contribution in [0.2, 0.25) is 0 Å². The van der Waals surface area contributed by atoms with E-state index in [1.807, 2.05) is 30.5 Å². The second-order valence-corrected chi connectivity index (χ2v) is 5.77. The summed E-state index contributed by atoms with van der Waals surface area (Å²) in [6.45, 7) is 4.06. The van der Waals surface area contributed by atoms with Crippen molar-refractivity contribution in [2.75, 3.05) is 32.4 Å². The van der Waals surface area contributed by atoms with Crippen molar-refractivity contribution in [3.63, 3.8) is 0 Å². The molecule has 0 aliphatic carbocycles. The molecule has 0 radical (unpaired) electrons. The summed E-state index contributed by atoms with van der Waals surface area (Å²) in [6.07, 6.45) is 5.98. The van der Waals surface area contributed by atoms with Gasteiger partial charge in [-0.2, -0.15) is 0 Å². The van der Waals surface area contributed by atoms with Crippen LogP contribution in [0.15, 0.2) is 29.2 Å². The fraction of sp³-hybridized carbons (Fsp3) is 0.533. The van der Waals surface area contributed by atoms with Crippen molar-refractivity contribution >= 4 is 17.7 Å². The van der Waals surface area contributed by atoms with Crippen molar-refractivity contribution in [2.45, 2.75) is 24.2 Å². The lowest BCUT2D eigenvalue weighted by Crippen LogP contribution is -2.37. The smallest absolute Gasteiger partial charge is 0.251 e. The van der Waals surface area contributed by atoms with E-state index in [0.29, 0.717) is 0 Å². The van der Waals surface area contributed by atoms with Gasteiger partial charge >= 0.3 is 0 Å². The van der Waals surface area contributed by atoms with Crippen LogP contribution in [0, 0.1) is 0 Å². The molecule has 0 unspecified atom stereocenters. The summed E-state index contributed by atoms with van der Waals surface area (Å²) >= 11 is 1.69. The summed E-state index contributed by atoms with van der Waals surface area (Å²) in [5, 5.41) is 3.00. The number of rotatable bonds is 5. The number of hydrogen-bond acceptors (Lipinski definition) is 3.